The van der Waals surface area contributed by atoms with E-state index < -0.39 is 12.0 Å². The molecule has 0 saturated heterocycles. The Balaban J connectivity index is 1.67. The molecule has 0 saturated carbocycles. The summed E-state index contributed by atoms with van der Waals surface area (Å²) in [7, 11) is 3.09. The summed E-state index contributed by atoms with van der Waals surface area (Å²) in [6, 6.07) is 14.2. The number of rotatable bonds is 7. The molecule has 1 aliphatic heterocycles. The number of esters is 1. The number of thiazole rings is 1. The van der Waals surface area contributed by atoms with E-state index in [2.05, 4.69) is 20.9 Å². The van der Waals surface area contributed by atoms with Crippen molar-refractivity contribution in [1.29, 1.82) is 0 Å². The van der Waals surface area contributed by atoms with Crippen molar-refractivity contribution < 1.29 is 23.4 Å². The Morgan fingerprint density at radius 3 is 2.62 bits per heavy atom. The van der Waals surface area contributed by atoms with Gasteiger partial charge < -0.3 is 18.6 Å². The molecule has 0 N–H and O–H groups in total. The lowest BCUT2D eigenvalue weighted by molar-refractivity contribution is -0.139. The van der Waals surface area contributed by atoms with Crippen LogP contribution in [-0.2, 0) is 9.53 Å². The minimum absolute atomic E-state index is 0.185. The quantitative estimate of drug-likeness (QED) is 0.265. The van der Waals surface area contributed by atoms with E-state index in [0.717, 1.165) is 15.6 Å². The molecule has 2 aromatic carbocycles. The number of methoxy groups -OCH3 is 2. The maximum absolute atomic E-state index is 13.9. The second-order valence-corrected chi connectivity index (χ2v) is 11.0. The van der Waals surface area contributed by atoms with Gasteiger partial charge in [-0.25, -0.2) is 9.79 Å². The van der Waals surface area contributed by atoms with E-state index >= 15 is 0 Å². The second kappa shape index (κ2) is 11.3. The minimum atomic E-state index is -0.811. The molecule has 3 heterocycles. The van der Waals surface area contributed by atoms with Gasteiger partial charge in [0.05, 0.1) is 36.6 Å². The molecule has 10 heteroatoms. The Hall–Kier alpha value is -3.89. The number of hydrogen-bond donors (Lipinski definition) is 0. The Morgan fingerprint density at radius 1 is 1.12 bits per heavy atom. The highest BCUT2D eigenvalue weighted by atomic mass is 79.9. The number of benzene rings is 2. The molecule has 8 nitrogen and oxygen atoms in total. The summed E-state index contributed by atoms with van der Waals surface area (Å²) in [6.07, 6.45) is 1.70. The highest BCUT2D eigenvalue weighted by Gasteiger charge is 2.35. The van der Waals surface area contributed by atoms with Crippen LogP contribution in [0, 0.1) is 6.92 Å². The molecule has 0 amide bonds. The molecule has 0 spiro atoms. The summed E-state index contributed by atoms with van der Waals surface area (Å²) in [5, 5.41) is 0. The number of aryl methyl sites for hydroxylation is 1. The zero-order valence-electron chi connectivity index (χ0n) is 22.6. The molecule has 0 fully saturated rings. The summed E-state index contributed by atoms with van der Waals surface area (Å²) in [4.78, 5) is 32.2. The Kier molecular flexibility index (Phi) is 7.82. The van der Waals surface area contributed by atoms with Crippen LogP contribution in [0.4, 0.5) is 0 Å². The predicted molar refractivity (Wildman–Crippen MR) is 157 cm³/mol. The summed E-state index contributed by atoms with van der Waals surface area (Å²) < 4.78 is 25.3. The van der Waals surface area contributed by atoms with Gasteiger partial charge in [0.25, 0.3) is 5.56 Å². The number of carbonyl (C=O) groups is 1. The number of hydrogen-bond acceptors (Lipinski definition) is 8. The van der Waals surface area contributed by atoms with E-state index in [9.17, 15) is 9.59 Å². The van der Waals surface area contributed by atoms with Crippen molar-refractivity contribution in [2.75, 3.05) is 20.8 Å². The third kappa shape index (κ3) is 5.04. The maximum atomic E-state index is 13.9. The summed E-state index contributed by atoms with van der Waals surface area (Å²) in [6.45, 7) is 5.68. The Bertz CT molecular complexity index is 1830. The second-order valence-electron chi connectivity index (χ2n) is 9.10. The Labute approximate surface area is 243 Å². The van der Waals surface area contributed by atoms with Gasteiger partial charge >= 0.3 is 5.97 Å². The molecule has 5 rings (SSSR count). The van der Waals surface area contributed by atoms with Crippen LogP contribution in [0.5, 0.6) is 11.5 Å². The third-order valence-electron chi connectivity index (χ3n) is 6.54. The normalized spacial score (nSPS) is 15.1. The van der Waals surface area contributed by atoms with Crippen LogP contribution in [0.3, 0.4) is 0 Å². The van der Waals surface area contributed by atoms with Crippen molar-refractivity contribution in [3.63, 3.8) is 0 Å². The standard InChI is InChI=1S/C30H27BrN2O6S/c1-6-38-29(35)26-17(3)32-30-33(27(26)21-11-8-18(36-4)14-24(21)37-5)28(34)25(40-30)15-19-9-12-23(39-19)20-10-7-16(2)13-22(20)31/h7-15,27H,6H2,1-5H3/b25-15+/t27-/m1/s1. The largest absolute Gasteiger partial charge is 0.497 e. The van der Waals surface area contributed by atoms with Crippen LogP contribution in [-0.4, -0.2) is 31.4 Å². The monoisotopic (exact) mass is 622 g/mol. The molecule has 0 radical (unpaired) electrons. The van der Waals surface area contributed by atoms with E-state index in [1.54, 1.807) is 45.2 Å². The van der Waals surface area contributed by atoms with Crippen molar-refractivity contribution in [1.82, 2.24) is 4.57 Å². The van der Waals surface area contributed by atoms with Gasteiger partial charge in [-0.2, -0.15) is 0 Å². The van der Waals surface area contributed by atoms with Crippen molar-refractivity contribution in [3.8, 4) is 22.8 Å². The molecule has 0 aliphatic carbocycles. The lowest BCUT2D eigenvalue weighted by atomic mass is 9.95. The van der Waals surface area contributed by atoms with E-state index in [1.807, 2.05) is 37.3 Å². The van der Waals surface area contributed by atoms with Crippen molar-refractivity contribution in [2.45, 2.75) is 26.8 Å². The lowest BCUT2D eigenvalue weighted by Gasteiger charge is -2.26. The molecule has 40 heavy (non-hydrogen) atoms. The molecule has 206 valence electrons. The number of allylic oxidation sites excluding steroid dienone is 1. The summed E-state index contributed by atoms with van der Waals surface area (Å²) in [5.74, 6) is 1.70. The average Bonchev–Trinajstić information content (AvgIpc) is 3.51. The van der Waals surface area contributed by atoms with Crippen molar-refractivity contribution >= 4 is 39.3 Å². The molecular formula is C30H27BrN2O6S. The molecule has 0 bridgehead atoms. The summed E-state index contributed by atoms with van der Waals surface area (Å²) in [5.41, 5.74) is 3.08. The highest BCUT2D eigenvalue weighted by Crippen LogP contribution is 2.37. The molecule has 1 aliphatic rings. The van der Waals surface area contributed by atoms with Gasteiger partial charge in [0.1, 0.15) is 29.1 Å². The van der Waals surface area contributed by atoms with Crippen LogP contribution in [0.15, 0.2) is 78.5 Å². The number of aromatic nitrogens is 1. The lowest BCUT2D eigenvalue weighted by Crippen LogP contribution is -2.40. The third-order valence-corrected chi connectivity index (χ3v) is 8.18. The number of carbonyl (C=O) groups excluding carboxylic acids is 1. The number of halogens is 1. The fourth-order valence-corrected chi connectivity index (χ4v) is 6.37. The number of ether oxygens (including phenoxy) is 3. The summed E-state index contributed by atoms with van der Waals surface area (Å²) >= 11 is 4.82. The van der Waals surface area contributed by atoms with Crippen LogP contribution >= 0.6 is 27.3 Å². The van der Waals surface area contributed by atoms with Crippen molar-refractivity contribution in [3.05, 3.63) is 101 Å². The zero-order chi connectivity index (χ0) is 28.6. The number of nitrogens with zero attached hydrogens (tertiary/aromatic N) is 2. The molecule has 2 aromatic heterocycles. The first-order valence-electron chi connectivity index (χ1n) is 12.5. The fourth-order valence-electron chi connectivity index (χ4n) is 4.65. The molecular weight excluding hydrogens is 596 g/mol. The van der Waals surface area contributed by atoms with E-state index in [0.29, 0.717) is 43.6 Å². The zero-order valence-corrected chi connectivity index (χ0v) is 25.0. The van der Waals surface area contributed by atoms with E-state index in [4.69, 9.17) is 18.6 Å². The van der Waals surface area contributed by atoms with E-state index in [1.165, 1.54) is 23.0 Å². The van der Waals surface area contributed by atoms with Gasteiger partial charge in [-0.3, -0.25) is 9.36 Å². The smallest absolute Gasteiger partial charge is 0.338 e. The first-order valence-corrected chi connectivity index (χ1v) is 14.1. The number of fused-ring (bicyclic) bond motifs is 1. The molecule has 4 aromatic rings. The van der Waals surface area contributed by atoms with Gasteiger partial charge in [-0.05, 0) is 62.7 Å². The van der Waals surface area contributed by atoms with Crippen LogP contribution < -0.4 is 24.4 Å². The molecule has 1 atom stereocenters. The fraction of sp³-hybridized carbons (Fsp3) is 0.233. The van der Waals surface area contributed by atoms with Gasteiger partial charge in [0.15, 0.2) is 4.80 Å². The van der Waals surface area contributed by atoms with Crippen LogP contribution in [0.1, 0.15) is 36.8 Å². The first kappa shape index (κ1) is 27.7. The van der Waals surface area contributed by atoms with Gasteiger partial charge in [-0.15, -0.1) is 0 Å². The van der Waals surface area contributed by atoms with Gasteiger partial charge in [-0.1, -0.05) is 33.3 Å². The van der Waals surface area contributed by atoms with Crippen LogP contribution in [0.2, 0.25) is 0 Å². The average molecular weight is 624 g/mol. The maximum Gasteiger partial charge on any atom is 0.338 e. The van der Waals surface area contributed by atoms with Crippen LogP contribution in [0.25, 0.3) is 17.4 Å². The Morgan fingerprint density at radius 2 is 1.93 bits per heavy atom. The SMILES string of the molecule is CCOC(=O)C1=C(C)N=c2s/c(=C/c3ccc(-c4ccc(C)cc4Br)o3)c(=O)n2[C@@H]1c1ccc(OC)cc1OC. The first-order chi connectivity index (χ1) is 19.2. The van der Waals surface area contributed by atoms with Gasteiger partial charge in [0, 0.05) is 27.7 Å². The van der Waals surface area contributed by atoms with E-state index in [-0.39, 0.29) is 17.7 Å². The topological polar surface area (TPSA) is 92.3 Å². The van der Waals surface area contributed by atoms with Crippen molar-refractivity contribution in [2.24, 2.45) is 4.99 Å². The number of furan rings is 1. The highest BCUT2D eigenvalue weighted by molar-refractivity contribution is 9.10. The minimum Gasteiger partial charge on any atom is -0.497 e. The predicted octanol–water partition coefficient (Wildman–Crippen LogP) is 5.15. The molecule has 0 unspecified atom stereocenters. The van der Waals surface area contributed by atoms with Gasteiger partial charge in [0.2, 0.25) is 0 Å².